The molecule has 0 bridgehead atoms. The third-order valence-electron chi connectivity index (χ3n) is 6.19. The van der Waals surface area contributed by atoms with Crippen LogP contribution in [0.1, 0.15) is 44.2 Å². The van der Waals surface area contributed by atoms with Crippen LogP contribution in [0.3, 0.4) is 0 Å². The Labute approximate surface area is 200 Å². The molecule has 4 rings (SSSR count). The van der Waals surface area contributed by atoms with E-state index in [1.54, 1.807) is 11.8 Å². The van der Waals surface area contributed by atoms with Crippen LogP contribution in [0.15, 0.2) is 58.3 Å². The first-order chi connectivity index (χ1) is 15.1. The molecule has 2 aliphatic rings. The highest BCUT2D eigenvalue weighted by molar-refractivity contribution is 8.18. The molecule has 1 N–H and O–H groups in total. The van der Waals surface area contributed by atoms with E-state index in [4.69, 9.17) is 0 Å². The Morgan fingerprint density at radius 2 is 1.48 bits per heavy atom. The van der Waals surface area contributed by atoms with Gasteiger partial charge in [0.25, 0.3) is 0 Å². The smallest absolute Gasteiger partial charge is 0.140 e. The largest absolute Gasteiger partial charge is 0.378 e. The van der Waals surface area contributed by atoms with Gasteiger partial charge in [0.2, 0.25) is 0 Å². The standard InChI is InChI=1S/C26H31NOS3/c1-3-27(4-2)18-11-5-10-17-25(29-19-12-20-30-25)26(28)21-13-6-8-15-23(21)31-24-16-9-7-14-22(24)26/h6-9,13-16,28H,3-4,10,12,17-20H2,1-2H3. The Bertz CT molecular complexity index is 909. The second kappa shape index (κ2) is 10.3. The third kappa shape index (κ3) is 4.43. The lowest BCUT2D eigenvalue weighted by Gasteiger charge is -2.51. The molecule has 0 saturated carbocycles. The van der Waals surface area contributed by atoms with Crippen LogP contribution in [0.4, 0.5) is 0 Å². The average Bonchev–Trinajstić information content (AvgIpc) is 2.82. The van der Waals surface area contributed by atoms with Gasteiger partial charge in [-0.2, -0.15) is 0 Å². The number of benzene rings is 2. The molecule has 2 heterocycles. The molecule has 2 aromatic carbocycles. The van der Waals surface area contributed by atoms with Crippen molar-refractivity contribution in [1.82, 2.24) is 4.90 Å². The molecule has 31 heavy (non-hydrogen) atoms. The number of thioether (sulfide) groups is 2. The van der Waals surface area contributed by atoms with E-state index in [9.17, 15) is 5.11 Å². The second-order valence-corrected chi connectivity index (χ2v) is 12.1. The summed E-state index contributed by atoms with van der Waals surface area (Å²) >= 11 is 5.66. The lowest BCUT2D eigenvalue weighted by molar-refractivity contribution is 0.0578. The zero-order valence-electron chi connectivity index (χ0n) is 18.4. The van der Waals surface area contributed by atoms with Crippen molar-refractivity contribution in [2.75, 3.05) is 31.1 Å². The molecule has 2 aromatic rings. The summed E-state index contributed by atoms with van der Waals surface area (Å²) < 4.78 is -0.331. The van der Waals surface area contributed by atoms with Crippen LogP contribution in [0, 0.1) is 11.8 Å². The predicted octanol–water partition coefficient (Wildman–Crippen LogP) is 6.08. The van der Waals surface area contributed by atoms with E-state index in [1.165, 1.54) is 16.2 Å². The summed E-state index contributed by atoms with van der Waals surface area (Å²) in [6.07, 6.45) is 2.87. The van der Waals surface area contributed by atoms with Crippen molar-refractivity contribution >= 4 is 35.3 Å². The minimum Gasteiger partial charge on any atom is -0.378 e. The van der Waals surface area contributed by atoms with E-state index in [2.05, 4.69) is 79.1 Å². The SMILES string of the molecule is CCN(CC)CC#CCCC1(C2(O)c3ccccc3Sc3ccccc32)SCCCS1. The summed E-state index contributed by atoms with van der Waals surface area (Å²) in [6.45, 7) is 7.26. The van der Waals surface area contributed by atoms with Crippen LogP contribution in [0.5, 0.6) is 0 Å². The van der Waals surface area contributed by atoms with Crippen LogP contribution in [-0.4, -0.2) is 45.2 Å². The van der Waals surface area contributed by atoms with Gasteiger partial charge in [0, 0.05) is 27.3 Å². The van der Waals surface area contributed by atoms with Gasteiger partial charge in [-0.1, -0.05) is 67.9 Å². The topological polar surface area (TPSA) is 23.5 Å². The first-order valence-electron chi connectivity index (χ1n) is 11.2. The fourth-order valence-corrected chi connectivity index (χ4v) is 9.21. The van der Waals surface area contributed by atoms with Gasteiger partial charge in [-0.25, -0.2) is 0 Å². The maximum Gasteiger partial charge on any atom is 0.140 e. The van der Waals surface area contributed by atoms with Crippen molar-refractivity contribution in [2.24, 2.45) is 0 Å². The van der Waals surface area contributed by atoms with Crippen molar-refractivity contribution in [2.45, 2.75) is 52.6 Å². The molecular formula is C26H31NOS3. The quantitative estimate of drug-likeness (QED) is 0.517. The fourth-order valence-electron chi connectivity index (χ4n) is 4.42. The van der Waals surface area contributed by atoms with E-state index >= 15 is 0 Å². The molecule has 0 radical (unpaired) electrons. The Hall–Kier alpha value is -1.03. The molecule has 1 saturated heterocycles. The van der Waals surface area contributed by atoms with Gasteiger partial charge in [0.1, 0.15) is 5.60 Å². The molecular weight excluding hydrogens is 438 g/mol. The molecule has 0 amide bonds. The first-order valence-corrected chi connectivity index (χ1v) is 14.0. The lowest BCUT2D eigenvalue weighted by Crippen LogP contribution is -2.51. The zero-order chi connectivity index (χ0) is 21.7. The van der Waals surface area contributed by atoms with Crippen molar-refractivity contribution in [1.29, 1.82) is 0 Å². The minimum absolute atomic E-state index is 0.331. The van der Waals surface area contributed by atoms with Crippen molar-refractivity contribution < 1.29 is 5.11 Å². The molecule has 0 aromatic heterocycles. The Kier molecular flexibility index (Phi) is 7.67. The molecule has 5 heteroatoms. The molecule has 164 valence electrons. The highest BCUT2D eigenvalue weighted by atomic mass is 32.2. The summed E-state index contributed by atoms with van der Waals surface area (Å²) in [7, 11) is 0. The summed E-state index contributed by atoms with van der Waals surface area (Å²) in [5.74, 6) is 8.96. The van der Waals surface area contributed by atoms with Crippen LogP contribution in [0.2, 0.25) is 0 Å². The van der Waals surface area contributed by atoms with Gasteiger partial charge >= 0.3 is 0 Å². The highest BCUT2D eigenvalue weighted by Gasteiger charge is 2.56. The average molecular weight is 470 g/mol. The number of nitrogens with zero attached hydrogens (tertiary/aromatic N) is 1. The van der Waals surface area contributed by atoms with Crippen molar-refractivity contribution in [3.05, 3.63) is 59.7 Å². The van der Waals surface area contributed by atoms with E-state index in [1.807, 2.05) is 23.5 Å². The third-order valence-corrected chi connectivity index (χ3v) is 11.0. The minimum atomic E-state index is -1.03. The van der Waals surface area contributed by atoms with E-state index in [-0.39, 0.29) is 4.08 Å². The van der Waals surface area contributed by atoms with Gasteiger partial charge in [-0.3, -0.25) is 4.90 Å². The molecule has 0 spiro atoms. The van der Waals surface area contributed by atoms with E-state index in [0.29, 0.717) is 0 Å². The van der Waals surface area contributed by atoms with E-state index in [0.717, 1.165) is 55.1 Å². The Balaban J connectivity index is 1.70. The maximum absolute atomic E-state index is 12.7. The van der Waals surface area contributed by atoms with Crippen molar-refractivity contribution in [3.8, 4) is 11.8 Å². The first kappa shape index (κ1) is 23.1. The molecule has 0 unspecified atom stereocenters. The van der Waals surface area contributed by atoms with Crippen molar-refractivity contribution in [3.63, 3.8) is 0 Å². The van der Waals surface area contributed by atoms with Crippen LogP contribution >= 0.6 is 35.3 Å². The molecule has 2 aliphatic heterocycles. The predicted molar refractivity (Wildman–Crippen MR) is 137 cm³/mol. The summed E-state index contributed by atoms with van der Waals surface area (Å²) in [6, 6.07) is 16.8. The van der Waals surface area contributed by atoms with Crippen LogP contribution in [0.25, 0.3) is 0 Å². The van der Waals surface area contributed by atoms with Gasteiger partial charge in [-0.15, -0.1) is 29.4 Å². The normalized spacial score (nSPS) is 18.6. The van der Waals surface area contributed by atoms with Gasteiger partial charge in [-0.05, 0) is 49.6 Å². The van der Waals surface area contributed by atoms with Gasteiger partial charge < -0.3 is 5.11 Å². The van der Waals surface area contributed by atoms with Crippen LogP contribution in [-0.2, 0) is 5.60 Å². The monoisotopic (exact) mass is 469 g/mol. The number of hydrogen-bond acceptors (Lipinski definition) is 5. The Morgan fingerprint density at radius 1 is 0.903 bits per heavy atom. The molecule has 0 aliphatic carbocycles. The molecule has 2 nitrogen and oxygen atoms in total. The van der Waals surface area contributed by atoms with E-state index < -0.39 is 5.60 Å². The maximum atomic E-state index is 12.7. The second-order valence-electron chi connectivity index (χ2n) is 7.92. The number of fused-ring (bicyclic) bond motifs is 2. The fraction of sp³-hybridized carbons (Fsp3) is 0.462. The van der Waals surface area contributed by atoms with Crippen LogP contribution < -0.4 is 0 Å². The summed E-state index contributed by atoms with van der Waals surface area (Å²) in [5.41, 5.74) is 1.08. The molecule has 1 fully saturated rings. The summed E-state index contributed by atoms with van der Waals surface area (Å²) in [5, 5.41) is 12.7. The highest BCUT2D eigenvalue weighted by Crippen LogP contribution is 2.63. The molecule has 0 atom stereocenters. The summed E-state index contributed by atoms with van der Waals surface area (Å²) in [4.78, 5) is 4.68. The lowest BCUT2D eigenvalue weighted by atomic mass is 9.80. The van der Waals surface area contributed by atoms with Gasteiger partial charge in [0.15, 0.2) is 0 Å². The zero-order valence-corrected chi connectivity index (χ0v) is 20.8. The Morgan fingerprint density at radius 3 is 2.06 bits per heavy atom. The van der Waals surface area contributed by atoms with Gasteiger partial charge in [0.05, 0.1) is 10.6 Å². The number of aliphatic hydroxyl groups is 1. The number of hydrogen-bond donors (Lipinski definition) is 1. The number of rotatable bonds is 6.